The van der Waals surface area contributed by atoms with Crippen LogP contribution >= 0.6 is 11.6 Å². The van der Waals surface area contributed by atoms with Crippen LogP contribution in [0.3, 0.4) is 0 Å². The van der Waals surface area contributed by atoms with Gasteiger partial charge in [0.05, 0.1) is 31.3 Å². The van der Waals surface area contributed by atoms with Gasteiger partial charge in [0.15, 0.2) is 11.6 Å². The van der Waals surface area contributed by atoms with Crippen LogP contribution in [-0.2, 0) is 21.8 Å². The molecule has 1 aromatic rings. The minimum absolute atomic E-state index is 0.364. The number of esters is 1. The summed E-state index contributed by atoms with van der Waals surface area (Å²) in [5.41, 5.74) is -0.884. The molecule has 0 bridgehead atoms. The molecule has 0 aliphatic carbocycles. The van der Waals surface area contributed by atoms with Crippen molar-refractivity contribution in [3.63, 3.8) is 0 Å². The van der Waals surface area contributed by atoms with Crippen LogP contribution < -0.4 is 4.74 Å². The van der Waals surface area contributed by atoms with E-state index in [9.17, 15) is 22.4 Å². The van der Waals surface area contributed by atoms with Gasteiger partial charge in [-0.05, 0) is 0 Å². The van der Waals surface area contributed by atoms with Gasteiger partial charge in [0.2, 0.25) is 0 Å². The topological polar surface area (TPSA) is 48.4 Å². The first-order valence-corrected chi connectivity index (χ1v) is 5.36. The highest BCUT2D eigenvalue weighted by molar-refractivity contribution is 6.17. The molecule has 9 heteroatoms. The Kier molecular flexibility index (Phi) is 4.93. The molecule has 0 atom stereocenters. The molecule has 0 unspecified atom stereocenters. The van der Waals surface area contributed by atoms with Gasteiger partial charge < -0.3 is 9.47 Å². The van der Waals surface area contributed by atoms with Gasteiger partial charge in [-0.2, -0.15) is 0 Å². The second kappa shape index (κ2) is 6.05. The number of carbonyl (C=O) groups excluding carboxylic acids is 1. The van der Waals surface area contributed by atoms with Crippen LogP contribution in [0.4, 0.5) is 17.6 Å². The van der Waals surface area contributed by atoms with E-state index in [0.29, 0.717) is 6.20 Å². The highest BCUT2D eigenvalue weighted by atomic mass is 35.5. The van der Waals surface area contributed by atoms with Crippen LogP contribution in [0.25, 0.3) is 0 Å². The molecule has 0 spiro atoms. The molecule has 0 amide bonds. The molecule has 0 N–H and O–H groups in total. The first-order chi connectivity index (χ1) is 8.78. The minimum atomic E-state index is -4.99. The summed E-state index contributed by atoms with van der Waals surface area (Å²) in [6.45, 7) is 0. The molecule has 0 saturated carbocycles. The molecule has 0 aliphatic heterocycles. The first kappa shape index (κ1) is 15.5. The lowest BCUT2D eigenvalue weighted by Crippen LogP contribution is -2.19. The van der Waals surface area contributed by atoms with Crippen molar-refractivity contribution in [3.05, 3.63) is 23.3 Å². The van der Waals surface area contributed by atoms with Crippen molar-refractivity contribution in [2.45, 2.75) is 18.7 Å². The summed E-state index contributed by atoms with van der Waals surface area (Å²) in [4.78, 5) is 14.4. The summed E-state index contributed by atoms with van der Waals surface area (Å²) in [5, 5.41) is 0. The van der Waals surface area contributed by atoms with Crippen molar-refractivity contribution in [3.8, 4) is 5.75 Å². The lowest BCUT2D eigenvalue weighted by atomic mass is 10.2. The number of rotatable bonds is 4. The molecular weight excluding hydrogens is 294 g/mol. The molecule has 0 aliphatic rings. The molecular formula is C10H8ClF4NO3. The SMILES string of the molecule is COC(=O)Cc1ncc(OC(F)(F)F)c(CCl)c1F. The summed E-state index contributed by atoms with van der Waals surface area (Å²) in [6.07, 6.45) is -4.84. The highest BCUT2D eigenvalue weighted by Crippen LogP contribution is 2.29. The minimum Gasteiger partial charge on any atom is -0.469 e. The number of carbonyl (C=O) groups is 1. The van der Waals surface area contributed by atoms with Gasteiger partial charge in [0, 0.05) is 5.56 Å². The number of nitrogens with zero attached hydrogens (tertiary/aromatic N) is 1. The summed E-state index contributed by atoms with van der Waals surface area (Å²) in [6, 6.07) is 0. The monoisotopic (exact) mass is 301 g/mol. The third-order valence-electron chi connectivity index (χ3n) is 2.05. The fourth-order valence-electron chi connectivity index (χ4n) is 1.22. The first-order valence-electron chi connectivity index (χ1n) is 4.83. The number of pyridine rings is 1. The number of methoxy groups -OCH3 is 1. The van der Waals surface area contributed by atoms with E-state index in [1.165, 1.54) is 0 Å². The van der Waals surface area contributed by atoms with Crippen LogP contribution in [0.1, 0.15) is 11.3 Å². The summed E-state index contributed by atoms with van der Waals surface area (Å²) < 4.78 is 57.9. The molecule has 19 heavy (non-hydrogen) atoms. The van der Waals surface area contributed by atoms with Crippen molar-refractivity contribution < 1.29 is 31.8 Å². The van der Waals surface area contributed by atoms with Crippen LogP contribution in [-0.4, -0.2) is 24.4 Å². The molecule has 1 rings (SSSR count). The quantitative estimate of drug-likeness (QED) is 0.487. The second-order valence-electron chi connectivity index (χ2n) is 3.30. The molecule has 1 aromatic heterocycles. The van der Waals surface area contributed by atoms with Crippen molar-refractivity contribution in [1.82, 2.24) is 4.98 Å². The van der Waals surface area contributed by atoms with Crippen molar-refractivity contribution >= 4 is 17.6 Å². The molecule has 0 radical (unpaired) electrons. The summed E-state index contributed by atoms with van der Waals surface area (Å²) >= 11 is 5.38. The van der Waals surface area contributed by atoms with E-state index >= 15 is 0 Å². The number of hydrogen-bond donors (Lipinski definition) is 0. The average molecular weight is 302 g/mol. The lowest BCUT2D eigenvalue weighted by Gasteiger charge is -2.13. The van der Waals surface area contributed by atoms with E-state index in [2.05, 4.69) is 14.5 Å². The Hall–Kier alpha value is -1.57. The number of alkyl halides is 4. The lowest BCUT2D eigenvalue weighted by molar-refractivity contribution is -0.275. The largest absolute Gasteiger partial charge is 0.573 e. The Morgan fingerprint density at radius 1 is 1.47 bits per heavy atom. The maximum absolute atomic E-state index is 13.8. The van der Waals surface area contributed by atoms with Gasteiger partial charge in [0.25, 0.3) is 0 Å². The summed E-state index contributed by atoms with van der Waals surface area (Å²) in [5.74, 6) is -3.30. The zero-order chi connectivity index (χ0) is 14.6. The molecule has 4 nitrogen and oxygen atoms in total. The van der Waals surface area contributed by atoms with Gasteiger partial charge in [-0.1, -0.05) is 0 Å². The molecule has 0 saturated heterocycles. The van der Waals surface area contributed by atoms with Crippen LogP contribution in [0.2, 0.25) is 0 Å². The molecule has 1 heterocycles. The number of ether oxygens (including phenoxy) is 2. The Balaban J connectivity index is 3.12. The zero-order valence-corrected chi connectivity index (χ0v) is 10.3. The fraction of sp³-hybridized carbons (Fsp3) is 0.400. The predicted molar refractivity (Wildman–Crippen MR) is 56.2 cm³/mol. The zero-order valence-electron chi connectivity index (χ0n) is 9.55. The van der Waals surface area contributed by atoms with E-state index in [4.69, 9.17) is 11.6 Å². The van der Waals surface area contributed by atoms with Gasteiger partial charge >= 0.3 is 12.3 Å². The molecule has 0 aromatic carbocycles. The van der Waals surface area contributed by atoms with E-state index in [1.807, 2.05) is 0 Å². The Morgan fingerprint density at radius 3 is 2.58 bits per heavy atom. The van der Waals surface area contributed by atoms with Crippen LogP contribution in [0.15, 0.2) is 6.20 Å². The second-order valence-corrected chi connectivity index (χ2v) is 3.56. The number of hydrogen-bond acceptors (Lipinski definition) is 4. The smallest absolute Gasteiger partial charge is 0.469 e. The van der Waals surface area contributed by atoms with Crippen LogP contribution in [0, 0.1) is 5.82 Å². The van der Waals surface area contributed by atoms with Gasteiger partial charge in [0.1, 0.15) is 0 Å². The van der Waals surface area contributed by atoms with Crippen molar-refractivity contribution in [2.75, 3.05) is 7.11 Å². The van der Waals surface area contributed by atoms with E-state index < -0.39 is 41.8 Å². The number of aromatic nitrogens is 1. The normalized spacial score (nSPS) is 11.3. The summed E-state index contributed by atoms with van der Waals surface area (Å²) in [7, 11) is 1.09. The maximum Gasteiger partial charge on any atom is 0.573 e. The van der Waals surface area contributed by atoms with E-state index in [0.717, 1.165) is 7.11 Å². The fourth-order valence-corrected chi connectivity index (χ4v) is 1.47. The van der Waals surface area contributed by atoms with Gasteiger partial charge in [-0.25, -0.2) is 4.39 Å². The third kappa shape index (κ3) is 4.23. The Morgan fingerprint density at radius 2 is 2.11 bits per heavy atom. The van der Waals surface area contributed by atoms with Gasteiger partial charge in [-0.3, -0.25) is 9.78 Å². The Bertz CT molecular complexity index is 479. The third-order valence-corrected chi connectivity index (χ3v) is 2.32. The predicted octanol–water partition coefficient (Wildman–Crippen LogP) is 2.57. The van der Waals surface area contributed by atoms with E-state index in [-0.39, 0.29) is 5.69 Å². The van der Waals surface area contributed by atoms with Crippen molar-refractivity contribution in [1.29, 1.82) is 0 Å². The van der Waals surface area contributed by atoms with Crippen molar-refractivity contribution in [2.24, 2.45) is 0 Å². The van der Waals surface area contributed by atoms with Gasteiger partial charge in [-0.15, -0.1) is 24.8 Å². The standard InChI is InChI=1S/C10H8ClF4NO3/c1-18-8(17)2-6-9(12)5(3-11)7(4-16-6)19-10(13,14)15/h4H,2-3H2,1H3. The van der Waals surface area contributed by atoms with Crippen LogP contribution in [0.5, 0.6) is 5.75 Å². The van der Waals surface area contributed by atoms with E-state index in [1.54, 1.807) is 0 Å². The number of halogens is 5. The Labute approximate surface area is 110 Å². The molecule has 106 valence electrons. The molecule has 0 fully saturated rings. The highest BCUT2D eigenvalue weighted by Gasteiger charge is 2.33. The maximum atomic E-state index is 13.8. The average Bonchev–Trinajstić information content (AvgIpc) is 2.31.